The van der Waals surface area contributed by atoms with Gasteiger partial charge >= 0.3 is 0 Å². The maximum Gasteiger partial charge on any atom is 0.227 e. The second-order valence-electron chi connectivity index (χ2n) is 4.65. The molecule has 0 atom stereocenters. The van der Waals surface area contributed by atoms with Crippen LogP contribution in [0.1, 0.15) is 30.4 Å². The highest BCUT2D eigenvalue weighted by Gasteiger charge is 2.25. The Hall–Kier alpha value is -1.79. The highest BCUT2D eigenvalue weighted by molar-refractivity contribution is 5.93. The van der Waals surface area contributed by atoms with E-state index in [1.165, 1.54) is 6.42 Å². The molecule has 1 aliphatic carbocycles. The largest absolute Gasteiger partial charge is 0.326 e. The number of hydrogen-bond donors (Lipinski definition) is 2. The van der Waals surface area contributed by atoms with E-state index in [0.29, 0.717) is 6.54 Å². The van der Waals surface area contributed by atoms with Crippen LogP contribution in [-0.2, 0) is 4.79 Å². The second kappa shape index (κ2) is 5.70. The van der Waals surface area contributed by atoms with E-state index < -0.39 is 0 Å². The smallest absolute Gasteiger partial charge is 0.227 e. The molecule has 1 aromatic carbocycles. The SMILES string of the molecule is Cc1cc(C#CCN)ccc1NC(=O)C1CCC1. The standard InChI is InChI=1S/C15H18N2O/c1-11-10-12(4-3-9-16)7-8-14(11)17-15(18)13-5-2-6-13/h7-8,10,13H,2,5-6,9,16H2,1H3,(H,17,18). The predicted octanol–water partition coefficient (Wildman–Crippen LogP) is 2.04. The van der Waals surface area contributed by atoms with Gasteiger partial charge in [-0.15, -0.1) is 0 Å². The quantitative estimate of drug-likeness (QED) is 0.780. The maximum atomic E-state index is 11.8. The highest BCUT2D eigenvalue weighted by atomic mass is 16.1. The van der Waals surface area contributed by atoms with Gasteiger partial charge in [-0.05, 0) is 43.5 Å². The average molecular weight is 242 g/mol. The summed E-state index contributed by atoms with van der Waals surface area (Å²) in [6.45, 7) is 2.34. The van der Waals surface area contributed by atoms with Crippen molar-refractivity contribution in [3.63, 3.8) is 0 Å². The van der Waals surface area contributed by atoms with Crippen molar-refractivity contribution in [2.45, 2.75) is 26.2 Å². The van der Waals surface area contributed by atoms with Gasteiger partial charge < -0.3 is 11.1 Å². The Labute approximate surface area is 108 Å². The Morgan fingerprint density at radius 1 is 1.50 bits per heavy atom. The van der Waals surface area contributed by atoms with Crippen molar-refractivity contribution in [3.8, 4) is 11.8 Å². The van der Waals surface area contributed by atoms with E-state index in [1.807, 2.05) is 25.1 Å². The van der Waals surface area contributed by atoms with Gasteiger partial charge in [0, 0.05) is 17.2 Å². The summed E-state index contributed by atoms with van der Waals surface area (Å²) in [5, 5.41) is 2.98. The first-order valence-corrected chi connectivity index (χ1v) is 6.31. The fourth-order valence-corrected chi connectivity index (χ4v) is 1.94. The molecule has 0 aliphatic heterocycles. The Kier molecular flexibility index (Phi) is 4.01. The van der Waals surface area contributed by atoms with Crippen LogP contribution in [0.15, 0.2) is 18.2 Å². The van der Waals surface area contributed by atoms with Gasteiger partial charge in [0.2, 0.25) is 5.91 Å². The van der Waals surface area contributed by atoms with Gasteiger partial charge in [-0.1, -0.05) is 18.3 Å². The van der Waals surface area contributed by atoms with Crippen molar-refractivity contribution >= 4 is 11.6 Å². The highest BCUT2D eigenvalue weighted by Crippen LogP contribution is 2.28. The predicted molar refractivity (Wildman–Crippen MR) is 73.1 cm³/mol. The number of aryl methyl sites for hydroxylation is 1. The average Bonchev–Trinajstić information content (AvgIpc) is 2.27. The number of benzene rings is 1. The van der Waals surface area contributed by atoms with E-state index >= 15 is 0 Å². The molecule has 0 bridgehead atoms. The lowest BCUT2D eigenvalue weighted by Crippen LogP contribution is -2.28. The van der Waals surface area contributed by atoms with Crippen LogP contribution in [0.4, 0.5) is 5.69 Å². The first-order chi connectivity index (χ1) is 8.70. The molecule has 18 heavy (non-hydrogen) atoms. The van der Waals surface area contributed by atoms with Gasteiger partial charge in [0.1, 0.15) is 0 Å². The van der Waals surface area contributed by atoms with Crippen LogP contribution >= 0.6 is 0 Å². The molecule has 1 aliphatic rings. The molecule has 94 valence electrons. The third-order valence-corrected chi connectivity index (χ3v) is 3.30. The number of anilines is 1. The molecule has 1 saturated carbocycles. The fraction of sp³-hybridized carbons (Fsp3) is 0.400. The number of nitrogens with two attached hydrogens (primary N) is 1. The van der Waals surface area contributed by atoms with Crippen LogP contribution < -0.4 is 11.1 Å². The van der Waals surface area contributed by atoms with E-state index in [-0.39, 0.29) is 11.8 Å². The summed E-state index contributed by atoms with van der Waals surface area (Å²) in [4.78, 5) is 11.8. The molecule has 0 saturated heterocycles. The van der Waals surface area contributed by atoms with Gasteiger partial charge in [0.15, 0.2) is 0 Å². The zero-order chi connectivity index (χ0) is 13.0. The van der Waals surface area contributed by atoms with Gasteiger partial charge in [0.25, 0.3) is 0 Å². The molecule has 2 rings (SSSR count). The number of rotatable bonds is 2. The zero-order valence-corrected chi connectivity index (χ0v) is 10.6. The van der Waals surface area contributed by atoms with Crippen molar-refractivity contribution in [2.75, 3.05) is 11.9 Å². The van der Waals surface area contributed by atoms with Gasteiger partial charge in [0.05, 0.1) is 6.54 Å². The Morgan fingerprint density at radius 3 is 2.83 bits per heavy atom. The summed E-state index contributed by atoms with van der Waals surface area (Å²) < 4.78 is 0. The molecule has 1 amide bonds. The summed E-state index contributed by atoms with van der Waals surface area (Å²) in [5.41, 5.74) is 8.18. The Bertz CT molecular complexity index is 507. The molecule has 0 radical (unpaired) electrons. The van der Waals surface area contributed by atoms with E-state index in [0.717, 1.165) is 29.7 Å². The monoisotopic (exact) mass is 242 g/mol. The molecule has 0 heterocycles. The third kappa shape index (κ3) is 2.91. The summed E-state index contributed by atoms with van der Waals surface area (Å²) in [7, 11) is 0. The van der Waals surface area contributed by atoms with Gasteiger partial charge in [-0.25, -0.2) is 0 Å². The summed E-state index contributed by atoms with van der Waals surface area (Å²) in [6.07, 6.45) is 3.21. The minimum atomic E-state index is 0.144. The van der Waals surface area contributed by atoms with Crippen molar-refractivity contribution < 1.29 is 4.79 Å². The van der Waals surface area contributed by atoms with Gasteiger partial charge in [-0.3, -0.25) is 4.79 Å². The number of hydrogen-bond acceptors (Lipinski definition) is 2. The molecule has 0 aromatic heterocycles. The number of carbonyl (C=O) groups excluding carboxylic acids is 1. The summed E-state index contributed by atoms with van der Waals surface area (Å²) in [5.74, 6) is 6.16. The lowest BCUT2D eigenvalue weighted by atomic mass is 9.85. The number of amides is 1. The Morgan fingerprint density at radius 2 is 2.28 bits per heavy atom. The molecule has 0 spiro atoms. The zero-order valence-electron chi connectivity index (χ0n) is 10.6. The molecular formula is C15H18N2O. The van der Waals surface area contributed by atoms with Crippen LogP contribution in [-0.4, -0.2) is 12.5 Å². The van der Waals surface area contributed by atoms with Crippen LogP contribution in [0.3, 0.4) is 0 Å². The molecule has 3 nitrogen and oxygen atoms in total. The first-order valence-electron chi connectivity index (χ1n) is 6.31. The molecule has 1 aromatic rings. The summed E-state index contributed by atoms with van der Waals surface area (Å²) in [6, 6.07) is 5.79. The molecule has 1 fully saturated rings. The number of nitrogens with one attached hydrogen (secondary N) is 1. The van der Waals surface area contributed by atoms with Gasteiger partial charge in [-0.2, -0.15) is 0 Å². The third-order valence-electron chi connectivity index (χ3n) is 3.30. The van der Waals surface area contributed by atoms with Crippen molar-refractivity contribution in [2.24, 2.45) is 11.7 Å². The van der Waals surface area contributed by atoms with E-state index in [4.69, 9.17) is 5.73 Å². The maximum absolute atomic E-state index is 11.8. The molecule has 3 N–H and O–H groups in total. The lowest BCUT2D eigenvalue weighted by molar-refractivity contribution is -0.122. The lowest BCUT2D eigenvalue weighted by Gasteiger charge is -2.24. The van der Waals surface area contributed by atoms with Crippen LogP contribution in [0.5, 0.6) is 0 Å². The van der Waals surface area contributed by atoms with Crippen molar-refractivity contribution in [1.82, 2.24) is 0 Å². The van der Waals surface area contributed by atoms with E-state index in [2.05, 4.69) is 17.2 Å². The molecule has 3 heteroatoms. The minimum Gasteiger partial charge on any atom is -0.326 e. The van der Waals surface area contributed by atoms with Crippen LogP contribution in [0.2, 0.25) is 0 Å². The fourth-order valence-electron chi connectivity index (χ4n) is 1.94. The van der Waals surface area contributed by atoms with E-state index in [1.54, 1.807) is 0 Å². The minimum absolute atomic E-state index is 0.144. The Balaban J connectivity index is 2.07. The first kappa shape index (κ1) is 12.7. The number of carbonyl (C=O) groups is 1. The topological polar surface area (TPSA) is 55.1 Å². The van der Waals surface area contributed by atoms with Crippen molar-refractivity contribution in [3.05, 3.63) is 29.3 Å². The summed E-state index contributed by atoms with van der Waals surface area (Å²) >= 11 is 0. The molecular weight excluding hydrogens is 224 g/mol. The van der Waals surface area contributed by atoms with Crippen LogP contribution in [0.25, 0.3) is 0 Å². The van der Waals surface area contributed by atoms with Crippen LogP contribution in [0, 0.1) is 24.7 Å². The molecule has 0 unspecified atom stereocenters. The van der Waals surface area contributed by atoms with E-state index in [9.17, 15) is 4.79 Å². The van der Waals surface area contributed by atoms with Crippen molar-refractivity contribution in [1.29, 1.82) is 0 Å². The normalized spacial score (nSPS) is 14.3. The second-order valence-corrected chi connectivity index (χ2v) is 4.65.